The lowest BCUT2D eigenvalue weighted by molar-refractivity contribution is -0.132. The Labute approximate surface area is 162 Å². The highest BCUT2D eigenvalue weighted by molar-refractivity contribution is 6.30. The van der Waals surface area contributed by atoms with Crippen LogP contribution < -0.4 is 4.90 Å². The molecule has 2 aromatic rings. The molecule has 8 nitrogen and oxygen atoms in total. The maximum atomic E-state index is 12.5. The molecule has 0 unspecified atom stereocenters. The molecule has 0 saturated carbocycles. The molecule has 0 N–H and O–H groups in total. The highest BCUT2D eigenvalue weighted by Crippen LogP contribution is 2.32. The van der Waals surface area contributed by atoms with Crippen LogP contribution in [0.5, 0.6) is 0 Å². The topological polar surface area (TPSA) is 84.6 Å². The van der Waals surface area contributed by atoms with Gasteiger partial charge in [0, 0.05) is 19.3 Å². The number of carbonyl (C=O) groups excluding carboxylic acids is 1. The average molecular weight is 392 g/mol. The lowest BCUT2D eigenvalue weighted by Gasteiger charge is -2.42. The largest absolute Gasteiger partial charge is 0.372 e. The second kappa shape index (κ2) is 7.44. The number of amides is 1. The second-order valence-electron chi connectivity index (χ2n) is 7.09. The minimum absolute atomic E-state index is 0.0597. The number of anilines is 1. The fourth-order valence-electron chi connectivity index (χ4n) is 3.71. The smallest absolute Gasteiger partial charge is 0.246 e. The molecule has 0 aliphatic carbocycles. The van der Waals surface area contributed by atoms with Gasteiger partial charge in [0.2, 0.25) is 11.8 Å². The van der Waals surface area contributed by atoms with Gasteiger partial charge in [0.25, 0.3) is 0 Å². The number of hydrogen-bond acceptors (Lipinski definition) is 7. The number of pyridine rings is 1. The quantitative estimate of drug-likeness (QED) is 0.792. The van der Waals surface area contributed by atoms with Gasteiger partial charge in [-0.15, -0.1) is 0 Å². The summed E-state index contributed by atoms with van der Waals surface area (Å²) in [6.07, 6.45) is 3.68. The number of ether oxygens (including phenoxy) is 1. The van der Waals surface area contributed by atoms with Crippen LogP contribution in [0.25, 0.3) is 0 Å². The van der Waals surface area contributed by atoms with E-state index in [1.54, 1.807) is 18.0 Å². The van der Waals surface area contributed by atoms with Crippen molar-refractivity contribution in [1.29, 1.82) is 0 Å². The third-order valence-corrected chi connectivity index (χ3v) is 5.39. The van der Waals surface area contributed by atoms with Gasteiger partial charge < -0.3 is 19.1 Å². The van der Waals surface area contributed by atoms with Crippen molar-refractivity contribution in [2.75, 3.05) is 31.1 Å². The normalized spacial score (nSPS) is 20.1. The molecule has 144 valence electrons. The Morgan fingerprint density at radius 1 is 1.30 bits per heavy atom. The number of halogens is 1. The summed E-state index contributed by atoms with van der Waals surface area (Å²) < 4.78 is 11.4. The minimum Gasteiger partial charge on any atom is -0.372 e. The zero-order valence-corrected chi connectivity index (χ0v) is 16.0. The lowest BCUT2D eigenvalue weighted by atomic mass is 9.90. The van der Waals surface area contributed by atoms with E-state index in [0.717, 1.165) is 31.7 Å². The van der Waals surface area contributed by atoms with Crippen molar-refractivity contribution >= 4 is 23.3 Å². The summed E-state index contributed by atoms with van der Waals surface area (Å²) in [6.45, 7) is 4.70. The van der Waals surface area contributed by atoms with E-state index < -0.39 is 0 Å². The molecule has 4 rings (SSSR count). The lowest BCUT2D eigenvalue weighted by Crippen LogP contribution is -2.52. The van der Waals surface area contributed by atoms with Crippen LogP contribution in [0.4, 0.5) is 5.82 Å². The molecule has 2 aliphatic rings. The van der Waals surface area contributed by atoms with Gasteiger partial charge in [-0.3, -0.25) is 4.79 Å². The first kappa shape index (κ1) is 18.2. The van der Waals surface area contributed by atoms with Gasteiger partial charge in [-0.05, 0) is 31.9 Å². The van der Waals surface area contributed by atoms with Crippen molar-refractivity contribution in [3.63, 3.8) is 0 Å². The monoisotopic (exact) mass is 391 g/mol. The SMILES string of the molecule is Cc1noc(CN2CC3(CCN(c4ccc(Cl)cn4)CC3)OCCC2=O)n1. The van der Waals surface area contributed by atoms with Gasteiger partial charge in [0.05, 0.1) is 30.2 Å². The standard InChI is InChI=1S/C18H22ClN5O3/c1-13-21-16(27-22-13)11-24-12-18(26-9-4-17(24)25)5-7-23(8-6-18)15-3-2-14(19)10-20-15/h2-3,10H,4-9,11-12H2,1H3. The Kier molecular flexibility index (Phi) is 5.01. The van der Waals surface area contributed by atoms with E-state index in [4.69, 9.17) is 20.9 Å². The van der Waals surface area contributed by atoms with Crippen molar-refractivity contribution in [3.05, 3.63) is 35.1 Å². The summed E-state index contributed by atoms with van der Waals surface area (Å²) in [5.41, 5.74) is -0.343. The van der Waals surface area contributed by atoms with E-state index in [-0.39, 0.29) is 11.5 Å². The third-order valence-electron chi connectivity index (χ3n) is 5.16. The maximum Gasteiger partial charge on any atom is 0.246 e. The Bertz CT molecular complexity index is 802. The molecule has 9 heteroatoms. The maximum absolute atomic E-state index is 12.5. The number of aryl methyl sites for hydroxylation is 1. The molecular weight excluding hydrogens is 370 g/mol. The number of hydrogen-bond donors (Lipinski definition) is 0. The van der Waals surface area contributed by atoms with Crippen LogP contribution in [-0.2, 0) is 16.1 Å². The molecule has 2 aliphatic heterocycles. The third kappa shape index (κ3) is 4.06. The molecule has 2 saturated heterocycles. The first-order valence-electron chi connectivity index (χ1n) is 9.10. The Morgan fingerprint density at radius 3 is 2.78 bits per heavy atom. The van der Waals surface area contributed by atoms with E-state index >= 15 is 0 Å². The zero-order chi connectivity index (χ0) is 18.9. The van der Waals surface area contributed by atoms with Gasteiger partial charge in [-0.2, -0.15) is 4.98 Å². The van der Waals surface area contributed by atoms with Crippen molar-refractivity contribution < 1.29 is 14.1 Å². The van der Waals surface area contributed by atoms with E-state index in [2.05, 4.69) is 20.0 Å². The summed E-state index contributed by atoms with van der Waals surface area (Å²) >= 11 is 5.93. The molecule has 2 aromatic heterocycles. The van der Waals surface area contributed by atoms with Crippen LogP contribution in [0.3, 0.4) is 0 Å². The van der Waals surface area contributed by atoms with Gasteiger partial charge in [0.1, 0.15) is 12.4 Å². The first-order chi connectivity index (χ1) is 13.0. The Hall–Kier alpha value is -2.19. The van der Waals surface area contributed by atoms with Crippen LogP contribution in [-0.4, -0.2) is 57.8 Å². The van der Waals surface area contributed by atoms with Crippen LogP contribution in [0.15, 0.2) is 22.9 Å². The number of rotatable bonds is 3. The van der Waals surface area contributed by atoms with Gasteiger partial charge in [-0.25, -0.2) is 4.98 Å². The minimum atomic E-state index is -0.343. The van der Waals surface area contributed by atoms with E-state index in [9.17, 15) is 4.79 Å². The molecule has 4 heterocycles. The summed E-state index contributed by atoms with van der Waals surface area (Å²) in [4.78, 5) is 25.1. The van der Waals surface area contributed by atoms with Crippen LogP contribution >= 0.6 is 11.6 Å². The molecule has 0 radical (unpaired) electrons. The van der Waals surface area contributed by atoms with E-state index in [1.165, 1.54) is 0 Å². The van der Waals surface area contributed by atoms with Gasteiger partial charge in [0.15, 0.2) is 5.82 Å². The number of nitrogens with zero attached hydrogens (tertiary/aromatic N) is 5. The molecule has 2 fully saturated rings. The zero-order valence-electron chi connectivity index (χ0n) is 15.2. The number of aromatic nitrogens is 3. The van der Waals surface area contributed by atoms with Crippen molar-refractivity contribution in [2.24, 2.45) is 0 Å². The molecule has 0 bridgehead atoms. The number of piperidine rings is 1. The van der Waals surface area contributed by atoms with Crippen LogP contribution in [0.1, 0.15) is 31.0 Å². The summed E-state index contributed by atoms with van der Waals surface area (Å²) in [5, 5.41) is 4.44. The summed E-state index contributed by atoms with van der Waals surface area (Å²) in [6, 6.07) is 3.78. The summed E-state index contributed by atoms with van der Waals surface area (Å²) in [7, 11) is 0. The molecule has 27 heavy (non-hydrogen) atoms. The molecular formula is C18H22ClN5O3. The van der Waals surface area contributed by atoms with Gasteiger partial charge >= 0.3 is 0 Å². The molecule has 0 aromatic carbocycles. The highest BCUT2D eigenvalue weighted by atomic mass is 35.5. The fourth-order valence-corrected chi connectivity index (χ4v) is 3.82. The number of carbonyl (C=O) groups is 1. The van der Waals surface area contributed by atoms with Crippen LogP contribution in [0, 0.1) is 6.92 Å². The predicted molar refractivity (Wildman–Crippen MR) is 98.4 cm³/mol. The van der Waals surface area contributed by atoms with E-state index in [1.807, 2.05) is 12.1 Å². The molecule has 1 spiro atoms. The second-order valence-corrected chi connectivity index (χ2v) is 7.52. The average Bonchev–Trinajstić information content (AvgIpc) is 3.01. The van der Waals surface area contributed by atoms with Crippen LogP contribution in [0.2, 0.25) is 5.02 Å². The fraction of sp³-hybridized carbons (Fsp3) is 0.556. The predicted octanol–water partition coefficient (Wildman–Crippen LogP) is 2.21. The van der Waals surface area contributed by atoms with Crippen molar-refractivity contribution in [2.45, 2.75) is 38.3 Å². The molecule has 1 amide bonds. The Morgan fingerprint density at radius 2 is 2.11 bits per heavy atom. The highest BCUT2D eigenvalue weighted by Gasteiger charge is 2.41. The Balaban J connectivity index is 1.44. The first-order valence-corrected chi connectivity index (χ1v) is 9.48. The van der Waals surface area contributed by atoms with Crippen molar-refractivity contribution in [3.8, 4) is 0 Å². The van der Waals surface area contributed by atoms with Gasteiger partial charge in [-0.1, -0.05) is 16.8 Å². The van der Waals surface area contributed by atoms with E-state index in [0.29, 0.717) is 42.9 Å². The summed E-state index contributed by atoms with van der Waals surface area (Å²) in [5.74, 6) is 2.00. The molecule has 0 atom stereocenters. The van der Waals surface area contributed by atoms with Crippen molar-refractivity contribution in [1.82, 2.24) is 20.0 Å².